The van der Waals surface area contributed by atoms with Gasteiger partial charge in [0, 0.05) is 19.6 Å². The van der Waals surface area contributed by atoms with Crippen LogP contribution in [0.3, 0.4) is 0 Å². The highest BCUT2D eigenvalue weighted by atomic mass is 16.5. The predicted molar refractivity (Wildman–Crippen MR) is 66.1 cm³/mol. The van der Waals surface area contributed by atoms with E-state index in [0.29, 0.717) is 18.2 Å². The molecule has 1 saturated heterocycles. The van der Waals surface area contributed by atoms with Gasteiger partial charge in [0.1, 0.15) is 0 Å². The number of hydrogen-bond acceptors (Lipinski definition) is 5. The Morgan fingerprint density at radius 3 is 2.83 bits per heavy atom. The first-order valence-corrected chi connectivity index (χ1v) is 6.52. The largest absolute Gasteiger partial charge is 0.392 e. The molecular weight excluding hydrogens is 232 g/mol. The Labute approximate surface area is 108 Å². The molecule has 0 saturated carbocycles. The van der Waals surface area contributed by atoms with E-state index < -0.39 is 6.10 Å². The molecule has 2 unspecified atom stereocenters. The molecule has 1 aliphatic rings. The van der Waals surface area contributed by atoms with E-state index in [1.807, 2.05) is 20.8 Å². The number of rotatable bonds is 4. The van der Waals surface area contributed by atoms with Crippen LogP contribution in [0, 0.1) is 11.3 Å². The Morgan fingerprint density at radius 2 is 2.22 bits per heavy atom. The summed E-state index contributed by atoms with van der Waals surface area (Å²) in [6, 6.07) is 0. The van der Waals surface area contributed by atoms with Gasteiger partial charge in [0.25, 0.3) is 0 Å². The summed E-state index contributed by atoms with van der Waals surface area (Å²) in [4.78, 5) is 4.33. The number of ether oxygens (including phenoxy) is 1. The van der Waals surface area contributed by atoms with Crippen molar-refractivity contribution < 1.29 is 14.4 Å². The maximum absolute atomic E-state index is 9.98. The summed E-state index contributed by atoms with van der Waals surface area (Å²) in [5.74, 6) is 1.75. The van der Waals surface area contributed by atoms with E-state index in [-0.39, 0.29) is 5.41 Å². The third-order valence-electron chi connectivity index (χ3n) is 3.37. The summed E-state index contributed by atoms with van der Waals surface area (Å²) in [5.41, 5.74) is -0.173. The van der Waals surface area contributed by atoms with E-state index in [9.17, 15) is 5.11 Å². The van der Waals surface area contributed by atoms with Gasteiger partial charge in [0.2, 0.25) is 5.89 Å². The van der Waals surface area contributed by atoms with Crippen molar-refractivity contribution in [3.63, 3.8) is 0 Å². The van der Waals surface area contributed by atoms with Gasteiger partial charge in [-0.1, -0.05) is 25.9 Å². The van der Waals surface area contributed by atoms with E-state index in [1.54, 1.807) is 0 Å². The van der Waals surface area contributed by atoms with Crippen molar-refractivity contribution in [1.29, 1.82) is 0 Å². The van der Waals surface area contributed by atoms with E-state index in [2.05, 4.69) is 10.1 Å². The molecule has 5 heteroatoms. The molecule has 5 nitrogen and oxygen atoms in total. The Hall–Kier alpha value is -0.940. The summed E-state index contributed by atoms with van der Waals surface area (Å²) < 4.78 is 10.5. The number of aliphatic hydroxyl groups is 1. The summed E-state index contributed by atoms with van der Waals surface area (Å²) in [6.07, 6.45) is 1.81. The first-order valence-electron chi connectivity index (χ1n) is 6.52. The number of aromatic nitrogens is 2. The van der Waals surface area contributed by atoms with Crippen LogP contribution in [0.2, 0.25) is 0 Å². The van der Waals surface area contributed by atoms with Gasteiger partial charge in [-0.3, -0.25) is 0 Å². The average molecular weight is 254 g/mol. The normalized spacial score (nSPS) is 22.3. The molecule has 1 aliphatic heterocycles. The van der Waals surface area contributed by atoms with Gasteiger partial charge in [-0.25, -0.2) is 0 Å². The molecule has 0 aliphatic carbocycles. The molecule has 2 heterocycles. The molecule has 2 rings (SSSR count). The van der Waals surface area contributed by atoms with Crippen LogP contribution in [0.1, 0.15) is 38.9 Å². The Bertz CT molecular complexity index is 378. The maximum atomic E-state index is 9.98. The molecule has 0 spiro atoms. The highest BCUT2D eigenvalue weighted by Gasteiger charge is 2.25. The van der Waals surface area contributed by atoms with Crippen molar-refractivity contribution in [2.75, 3.05) is 13.2 Å². The second-order valence-corrected chi connectivity index (χ2v) is 6.12. The molecule has 2 atom stereocenters. The van der Waals surface area contributed by atoms with Crippen molar-refractivity contribution in [2.24, 2.45) is 11.3 Å². The van der Waals surface area contributed by atoms with E-state index in [4.69, 9.17) is 9.26 Å². The Kier molecular flexibility index (Phi) is 4.02. The highest BCUT2D eigenvalue weighted by molar-refractivity contribution is 4.92. The van der Waals surface area contributed by atoms with Crippen LogP contribution in [-0.4, -0.2) is 34.6 Å². The van der Waals surface area contributed by atoms with Crippen molar-refractivity contribution >= 4 is 0 Å². The smallest absolute Gasteiger partial charge is 0.229 e. The molecule has 1 aromatic heterocycles. The van der Waals surface area contributed by atoms with Gasteiger partial charge < -0.3 is 14.4 Å². The molecule has 0 bridgehead atoms. The van der Waals surface area contributed by atoms with Crippen molar-refractivity contribution in [3.8, 4) is 0 Å². The first-order chi connectivity index (χ1) is 8.45. The zero-order chi connectivity index (χ0) is 13.2. The van der Waals surface area contributed by atoms with Gasteiger partial charge in [-0.2, -0.15) is 4.98 Å². The van der Waals surface area contributed by atoms with Crippen LogP contribution in [0.25, 0.3) is 0 Å². The highest BCUT2D eigenvalue weighted by Crippen LogP contribution is 2.22. The fourth-order valence-corrected chi connectivity index (χ4v) is 1.93. The molecule has 0 aromatic carbocycles. The van der Waals surface area contributed by atoms with Crippen LogP contribution in [-0.2, 0) is 17.6 Å². The predicted octanol–water partition coefficient (Wildman–Crippen LogP) is 1.60. The third kappa shape index (κ3) is 3.53. The fraction of sp³-hybridized carbons (Fsp3) is 0.846. The lowest BCUT2D eigenvalue weighted by Gasteiger charge is -2.24. The quantitative estimate of drug-likeness (QED) is 0.883. The molecule has 0 radical (unpaired) electrons. The van der Waals surface area contributed by atoms with Crippen LogP contribution >= 0.6 is 0 Å². The van der Waals surface area contributed by atoms with Gasteiger partial charge in [0.15, 0.2) is 5.82 Å². The molecule has 1 aromatic rings. The topological polar surface area (TPSA) is 68.4 Å². The van der Waals surface area contributed by atoms with Gasteiger partial charge in [-0.05, 0) is 17.8 Å². The second-order valence-electron chi connectivity index (χ2n) is 6.12. The summed E-state index contributed by atoms with van der Waals surface area (Å²) in [5, 5.41) is 13.9. The standard InChI is InChI=1S/C13H22N2O3/c1-13(2,3)10(16)7-12-14-11(15-18-12)6-9-4-5-17-8-9/h9-10,16H,4-8H2,1-3H3. The van der Waals surface area contributed by atoms with Crippen molar-refractivity contribution in [2.45, 2.75) is 46.1 Å². The summed E-state index contributed by atoms with van der Waals surface area (Å²) in [7, 11) is 0. The lowest BCUT2D eigenvalue weighted by atomic mass is 9.87. The van der Waals surface area contributed by atoms with E-state index in [0.717, 1.165) is 31.9 Å². The molecule has 1 fully saturated rings. The number of aliphatic hydroxyl groups excluding tert-OH is 1. The monoisotopic (exact) mass is 254 g/mol. The number of nitrogens with zero attached hydrogens (tertiary/aromatic N) is 2. The lowest BCUT2D eigenvalue weighted by Crippen LogP contribution is -2.28. The van der Waals surface area contributed by atoms with Crippen LogP contribution in [0.4, 0.5) is 0 Å². The zero-order valence-electron chi connectivity index (χ0n) is 11.3. The molecule has 0 amide bonds. The summed E-state index contributed by atoms with van der Waals surface area (Å²) >= 11 is 0. The lowest BCUT2D eigenvalue weighted by molar-refractivity contribution is 0.0565. The summed E-state index contributed by atoms with van der Waals surface area (Å²) in [6.45, 7) is 7.59. The van der Waals surface area contributed by atoms with Crippen molar-refractivity contribution in [3.05, 3.63) is 11.7 Å². The van der Waals surface area contributed by atoms with Crippen LogP contribution in [0.15, 0.2) is 4.52 Å². The van der Waals surface area contributed by atoms with E-state index in [1.165, 1.54) is 0 Å². The molecule has 18 heavy (non-hydrogen) atoms. The fourth-order valence-electron chi connectivity index (χ4n) is 1.93. The first kappa shape index (κ1) is 13.5. The minimum atomic E-state index is -0.472. The average Bonchev–Trinajstić information content (AvgIpc) is 2.89. The number of hydrogen-bond donors (Lipinski definition) is 1. The van der Waals surface area contributed by atoms with Crippen molar-refractivity contribution in [1.82, 2.24) is 10.1 Å². The molecule has 102 valence electrons. The van der Waals surface area contributed by atoms with Gasteiger partial charge in [0.05, 0.1) is 12.5 Å². The molecule has 1 N–H and O–H groups in total. The minimum Gasteiger partial charge on any atom is -0.392 e. The van der Waals surface area contributed by atoms with Crippen LogP contribution in [0.5, 0.6) is 0 Å². The SMILES string of the molecule is CC(C)(C)C(O)Cc1nc(CC2CCOC2)no1. The van der Waals surface area contributed by atoms with Gasteiger partial charge in [-0.15, -0.1) is 0 Å². The van der Waals surface area contributed by atoms with E-state index >= 15 is 0 Å². The Morgan fingerprint density at radius 1 is 1.44 bits per heavy atom. The van der Waals surface area contributed by atoms with Gasteiger partial charge >= 0.3 is 0 Å². The Balaban J connectivity index is 1.89. The maximum Gasteiger partial charge on any atom is 0.229 e. The third-order valence-corrected chi connectivity index (χ3v) is 3.37. The van der Waals surface area contributed by atoms with Crippen LogP contribution < -0.4 is 0 Å². The zero-order valence-corrected chi connectivity index (χ0v) is 11.3. The second kappa shape index (κ2) is 5.36. The molecular formula is C13H22N2O3. The minimum absolute atomic E-state index is 0.173.